The molecule has 1 amide bonds. The van der Waals surface area contributed by atoms with Crippen molar-refractivity contribution < 1.29 is 22.5 Å². The van der Waals surface area contributed by atoms with Crippen LogP contribution in [0.1, 0.15) is 55.2 Å². The van der Waals surface area contributed by atoms with Crippen LogP contribution >= 0.6 is 7.14 Å². The summed E-state index contributed by atoms with van der Waals surface area (Å²) in [5.41, 5.74) is 1.37. The van der Waals surface area contributed by atoms with Crippen molar-refractivity contribution >= 4 is 35.2 Å². The third kappa shape index (κ3) is 5.08. The monoisotopic (exact) mass is 531 g/mol. The number of nitrogens with one attached hydrogen (secondary N) is 1. The predicted octanol–water partition coefficient (Wildman–Crippen LogP) is 4.95. The van der Waals surface area contributed by atoms with Gasteiger partial charge in [0, 0.05) is 44.1 Å². The SMILES string of the molecule is CC(=O)N1CCP(=O)(c2cc3c4nc(nc3cn2)CCCCc2c(cccc2C(F)(F)F)[C@@H](C)N4)CC1. The van der Waals surface area contributed by atoms with Gasteiger partial charge in [0.1, 0.15) is 24.2 Å². The summed E-state index contributed by atoms with van der Waals surface area (Å²) in [5, 5.41) is 3.97. The van der Waals surface area contributed by atoms with Crippen molar-refractivity contribution in [3.05, 3.63) is 53.0 Å². The van der Waals surface area contributed by atoms with Gasteiger partial charge in [-0.3, -0.25) is 9.78 Å². The van der Waals surface area contributed by atoms with E-state index in [0.29, 0.717) is 90.2 Å². The minimum Gasteiger partial charge on any atom is -0.363 e. The molecular weight excluding hydrogens is 502 g/mol. The highest BCUT2D eigenvalue weighted by Gasteiger charge is 2.35. The van der Waals surface area contributed by atoms with Crippen molar-refractivity contribution in [3.63, 3.8) is 0 Å². The maximum absolute atomic E-state index is 13.8. The standard InChI is InChI=1S/C26H29F3N5O2P/c1-16-18-7-5-8-21(26(27,28)29)19(18)6-3-4-9-23-32-22-15-30-24(14-20(22)25(31-16)33-23)37(36)12-10-34(11-13-37)17(2)35/h5,7-8,14-16H,3-4,6,9-13H2,1-2H3,(H,31,32,33)/t16-/m1/s1. The smallest absolute Gasteiger partial charge is 0.363 e. The zero-order valence-electron chi connectivity index (χ0n) is 20.8. The summed E-state index contributed by atoms with van der Waals surface area (Å²) in [6, 6.07) is 5.63. The highest BCUT2D eigenvalue weighted by atomic mass is 31.2. The van der Waals surface area contributed by atoms with E-state index in [1.165, 1.54) is 13.0 Å². The van der Waals surface area contributed by atoms with Gasteiger partial charge in [-0.1, -0.05) is 12.1 Å². The molecule has 3 aromatic rings. The molecule has 196 valence electrons. The van der Waals surface area contributed by atoms with Crippen LogP contribution in [-0.2, 0) is 28.4 Å². The second kappa shape index (κ2) is 9.71. The zero-order chi connectivity index (χ0) is 26.4. The van der Waals surface area contributed by atoms with Crippen LogP contribution in [-0.4, -0.2) is 51.2 Å². The van der Waals surface area contributed by atoms with E-state index in [4.69, 9.17) is 4.98 Å². The molecule has 2 aliphatic heterocycles. The van der Waals surface area contributed by atoms with Crippen LogP contribution < -0.4 is 10.8 Å². The molecule has 5 rings (SSSR count). The van der Waals surface area contributed by atoms with Crippen LogP contribution in [0.3, 0.4) is 0 Å². The third-order valence-electron chi connectivity index (χ3n) is 7.35. The summed E-state index contributed by atoms with van der Waals surface area (Å²) < 4.78 is 55.2. The van der Waals surface area contributed by atoms with Gasteiger partial charge in [-0.15, -0.1) is 0 Å². The summed E-state index contributed by atoms with van der Waals surface area (Å²) >= 11 is 0. The van der Waals surface area contributed by atoms with Crippen molar-refractivity contribution in [3.8, 4) is 0 Å². The highest BCUT2D eigenvalue weighted by Crippen LogP contribution is 2.46. The number of anilines is 1. The number of aromatic nitrogens is 3. The van der Waals surface area contributed by atoms with Crippen LogP contribution in [0.4, 0.5) is 19.0 Å². The Morgan fingerprint density at radius 2 is 1.86 bits per heavy atom. The fourth-order valence-electron chi connectivity index (χ4n) is 5.27. The summed E-state index contributed by atoms with van der Waals surface area (Å²) in [4.78, 5) is 27.3. The number of amides is 1. The Kier molecular flexibility index (Phi) is 6.73. The number of pyridine rings is 1. The van der Waals surface area contributed by atoms with Gasteiger partial charge in [-0.2, -0.15) is 13.2 Å². The Morgan fingerprint density at radius 3 is 2.57 bits per heavy atom. The lowest BCUT2D eigenvalue weighted by atomic mass is 9.92. The summed E-state index contributed by atoms with van der Waals surface area (Å²) in [7, 11) is -2.82. The van der Waals surface area contributed by atoms with Gasteiger partial charge in [-0.05, 0) is 49.4 Å². The molecule has 7 nitrogen and oxygen atoms in total. The molecule has 1 fully saturated rings. The number of fused-ring (bicyclic) bond motifs is 5. The second-order valence-electron chi connectivity index (χ2n) is 9.83. The number of carbonyl (C=O) groups excluding carboxylic acids is 1. The van der Waals surface area contributed by atoms with Crippen molar-refractivity contribution in [1.82, 2.24) is 19.9 Å². The number of carbonyl (C=O) groups is 1. The van der Waals surface area contributed by atoms with E-state index < -0.39 is 24.9 Å². The van der Waals surface area contributed by atoms with Crippen LogP contribution in [0.2, 0.25) is 0 Å². The first kappa shape index (κ1) is 25.6. The normalized spacial score (nSPS) is 20.0. The van der Waals surface area contributed by atoms with Gasteiger partial charge in [-0.25, -0.2) is 9.97 Å². The highest BCUT2D eigenvalue weighted by molar-refractivity contribution is 7.71. The summed E-state index contributed by atoms with van der Waals surface area (Å²) in [6.45, 7) is 4.17. The maximum atomic E-state index is 13.8. The van der Waals surface area contributed by atoms with E-state index in [2.05, 4.69) is 15.3 Å². The Morgan fingerprint density at radius 1 is 1.14 bits per heavy atom. The van der Waals surface area contributed by atoms with E-state index in [1.54, 1.807) is 23.2 Å². The van der Waals surface area contributed by atoms with Gasteiger partial charge < -0.3 is 14.8 Å². The first-order valence-electron chi connectivity index (χ1n) is 12.5. The number of hydrogen-bond donors (Lipinski definition) is 1. The number of aryl methyl sites for hydroxylation is 1. The van der Waals surface area contributed by atoms with Gasteiger partial charge in [0.15, 0.2) is 0 Å². The van der Waals surface area contributed by atoms with Gasteiger partial charge in [0.2, 0.25) is 5.91 Å². The number of benzene rings is 1. The predicted molar refractivity (Wildman–Crippen MR) is 137 cm³/mol. The van der Waals surface area contributed by atoms with E-state index in [1.807, 2.05) is 6.92 Å². The minimum atomic E-state index is -4.43. The minimum absolute atomic E-state index is 0.0366. The van der Waals surface area contributed by atoms with Crippen LogP contribution in [0.15, 0.2) is 30.5 Å². The molecule has 2 bridgehead atoms. The average Bonchev–Trinajstić information content (AvgIpc) is 2.87. The molecule has 0 unspecified atom stereocenters. The quantitative estimate of drug-likeness (QED) is 0.448. The Bertz CT molecular complexity index is 1400. The van der Waals surface area contributed by atoms with Crippen LogP contribution in [0, 0.1) is 0 Å². The Labute approximate surface area is 213 Å². The lowest BCUT2D eigenvalue weighted by Gasteiger charge is -2.31. The molecular formula is C26H29F3N5O2P. The fraction of sp³-hybridized carbons (Fsp3) is 0.462. The van der Waals surface area contributed by atoms with E-state index in [0.717, 1.165) is 6.07 Å². The van der Waals surface area contributed by atoms with Gasteiger partial charge >= 0.3 is 6.18 Å². The largest absolute Gasteiger partial charge is 0.416 e. The van der Waals surface area contributed by atoms with Crippen molar-refractivity contribution in [2.24, 2.45) is 0 Å². The molecule has 2 aromatic heterocycles. The first-order chi connectivity index (χ1) is 17.5. The molecule has 0 aliphatic carbocycles. The molecule has 1 N–H and O–H groups in total. The number of nitrogens with zero attached hydrogens (tertiary/aromatic N) is 4. The molecule has 11 heteroatoms. The van der Waals surface area contributed by atoms with Gasteiger partial charge in [0.05, 0.1) is 23.3 Å². The van der Waals surface area contributed by atoms with Crippen molar-refractivity contribution in [2.45, 2.75) is 51.7 Å². The number of hydrogen-bond acceptors (Lipinski definition) is 6. The van der Waals surface area contributed by atoms with E-state index >= 15 is 0 Å². The van der Waals surface area contributed by atoms with Crippen molar-refractivity contribution in [2.75, 3.05) is 30.7 Å². The van der Waals surface area contributed by atoms with E-state index in [-0.39, 0.29) is 5.91 Å². The molecule has 0 radical (unpaired) electrons. The molecule has 37 heavy (non-hydrogen) atoms. The Balaban J connectivity index is 1.56. The second-order valence-corrected chi connectivity index (χ2v) is 13.0. The topological polar surface area (TPSA) is 88.1 Å². The first-order valence-corrected chi connectivity index (χ1v) is 14.6. The molecule has 2 aliphatic rings. The lowest BCUT2D eigenvalue weighted by molar-refractivity contribution is -0.138. The summed E-state index contributed by atoms with van der Waals surface area (Å²) in [5.74, 6) is 1.06. The van der Waals surface area contributed by atoms with Crippen LogP contribution in [0.5, 0.6) is 0 Å². The van der Waals surface area contributed by atoms with E-state index in [9.17, 15) is 22.5 Å². The average molecular weight is 532 g/mol. The Hall–Kier alpha value is -3.00. The van der Waals surface area contributed by atoms with Crippen molar-refractivity contribution in [1.29, 1.82) is 0 Å². The zero-order valence-corrected chi connectivity index (χ0v) is 21.7. The molecule has 0 spiro atoms. The third-order valence-corrected chi connectivity index (χ3v) is 10.3. The molecule has 0 saturated carbocycles. The maximum Gasteiger partial charge on any atom is 0.416 e. The number of alkyl halides is 3. The van der Waals surface area contributed by atoms with Gasteiger partial charge in [0.25, 0.3) is 0 Å². The molecule has 1 saturated heterocycles. The fourth-order valence-corrected chi connectivity index (χ4v) is 7.71. The number of rotatable bonds is 1. The van der Waals surface area contributed by atoms with Crippen LogP contribution in [0.25, 0.3) is 10.9 Å². The number of halogens is 3. The molecule has 1 atom stereocenters. The lowest BCUT2D eigenvalue weighted by Crippen LogP contribution is -2.40. The molecule has 1 aromatic carbocycles. The summed E-state index contributed by atoms with van der Waals surface area (Å²) in [6.07, 6.45) is -0.0203. The molecule has 4 heterocycles.